The molecule has 0 atom stereocenters. The molecule has 0 saturated heterocycles. The standard InChI is InChI=1S/C15H23F4NO3/c1-14(2,3)23-13(22)20(10-6-4-5-7-10)9-11(21)8-15(18,19)12(16)17/h10,12H,4-9H2,1-3H3. The first-order valence-corrected chi connectivity index (χ1v) is 7.59. The van der Waals surface area contributed by atoms with Crippen molar-refractivity contribution in [3.05, 3.63) is 0 Å². The Hall–Kier alpha value is -1.34. The lowest BCUT2D eigenvalue weighted by Gasteiger charge is -2.31. The van der Waals surface area contributed by atoms with Gasteiger partial charge in [-0.05, 0) is 33.6 Å². The molecule has 0 radical (unpaired) electrons. The zero-order valence-electron chi connectivity index (χ0n) is 13.6. The first kappa shape index (κ1) is 19.7. The third-order valence-corrected chi connectivity index (χ3v) is 3.49. The predicted molar refractivity (Wildman–Crippen MR) is 75.8 cm³/mol. The fraction of sp³-hybridized carbons (Fsp3) is 0.867. The van der Waals surface area contributed by atoms with Crippen LogP contribution in [0.1, 0.15) is 52.9 Å². The van der Waals surface area contributed by atoms with Gasteiger partial charge < -0.3 is 4.74 Å². The molecule has 0 aromatic rings. The van der Waals surface area contributed by atoms with Crippen molar-refractivity contribution in [2.45, 2.75) is 76.9 Å². The summed E-state index contributed by atoms with van der Waals surface area (Å²) in [6.45, 7) is 4.29. The zero-order chi connectivity index (χ0) is 17.8. The number of hydrogen-bond acceptors (Lipinski definition) is 3. The monoisotopic (exact) mass is 341 g/mol. The van der Waals surface area contributed by atoms with Gasteiger partial charge in [-0.3, -0.25) is 9.69 Å². The summed E-state index contributed by atoms with van der Waals surface area (Å²) in [4.78, 5) is 25.0. The third kappa shape index (κ3) is 6.35. The number of rotatable bonds is 6. The third-order valence-electron chi connectivity index (χ3n) is 3.49. The molecule has 4 nitrogen and oxygen atoms in total. The van der Waals surface area contributed by atoms with Crippen LogP contribution in [0.3, 0.4) is 0 Å². The number of carbonyl (C=O) groups is 2. The highest BCUT2D eigenvalue weighted by atomic mass is 19.3. The molecular weight excluding hydrogens is 318 g/mol. The van der Waals surface area contributed by atoms with Gasteiger partial charge in [-0.25, -0.2) is 13.6 Å². The molecule has 0 aromatic carbocycles. The molecule has 0 heterocycles. The second-order valence-electron chi connectivity index (χ2n) is 6.82. The summed E-state index contributed by atoms with van der Waals surface area (Å²) in [5.41, 5.74) is -0.802. The molecule has 1 fully saturated rings. The second kappa shape index (κ2) is 7.49. The van der Waals surface area contributed by atoms with Gasteiger partial charge in [-0.2, -0.15) is 8.78 Å². The van der Waals surface area contributed by atoms with Crippen molar-refractivity contribution in [2.75, 3.05) is 6.54 Å². The Morgan fingerprint density at radius 3 is 2.13 bits per heavy atom. The van der Waals surface area contributed by atoms with E-state index in [9.17, 15) is 27.2 Å². The molecule has 1 saturated carbocycles. The van der Waals surface area contributed by atoms with E-state index in [0.717, 1.165) is 17.7 Å². The first-order valence-electron chi connectivity index (χ1n) is 7.59. The number of alkyl halides is 4. The van der Waals surface area contributed by atoms with Crippen molar-refractivity contribution in [1.82, 2.24) is 4.90 Å². The van der Waals surface area contributed by atoms with Crippen LogP contribution in [0.4, 0.5) is 22.4 Å². The van der Waals surface area contributed by atoms with Crippen LogP contribution in [-0.2, 0) is 9.53 Å². The number of hydrogen-bond donors (Lipinski definition) is 0. The Kier molecular flexibility index (Phi) is 6.41. The summed E-state index contributed by atoms with van der Waals surface area (Å²) in [5, 5.41) is 0. The van der Waals surface area contributed by atoms with Crippen LogP contribution in [0.25, 0.3) is 0 Å². The largest absolute Gasteiger partial charge is 0.444 e. The maximum Gasteiger partial charge on any atom is 0.410 e. The average molecular weight is 341 g/mol. The fourth-order valence-corrected chi connectivity index (χ4v) is 2.47. The van der Waals surface area contributed by atoms with Gasteiger partial charge in [0.2, 0.25) is 0 Å². The van der Waals surface area contributed by atoms with E-state index in [1.165, 1.54) is 0 Å². The SMILES string of the molecule is CC(C)(C)OC(=O)N(CC(=O)CC(F)(F)C(F)F)C1CCCC1. The van der Waals surface area contributed by atoms with Gasteiger partial charge in [-0.15, -0.1) is 0 Å². The Labute approximate surface area is 133 Å². The van der Waals surface area contributed by atoms with E-state index < -0.39 is 42.8 Å². The number of halogens is 4. The number of amides is 1. The Morgan fingerprint density at radius 2 is 1.70 bits per heavy atom. The van der Waals surface area contributed by atoms with Crippen molar-refractivity contribution in [3.63, 3.8) is 0 Å². The summed E-state index contributed by atoms with van der Waals surface area (Å²) in [6.07, 6.45) is -3.30. The average Bonchev–Trinajstić information content (AvgIpc) is 2.86. The normalized spacial score (nSPS) is 16.7. The lowest BCUT2D eigenvalue weighted by atomic mass is 10.1. The Balaban J connectivity index is 2.77. The molecular formula is C15H23F4NO3. The number of nitrogens with zero attached hydrogens (tertiary/aromatic N) is 1. The summed E-state index contributed by atoms with van der Waals surface area (Å²) in [7, 11) is 0. The van der Waals surface area contributed by atoms with Crippen molar-refractivity contribution in [3.8, 4) is 0 Å². The van der Waals surface area contributed by atoms with Crippen LogP contribution in [0.15, 0.2) is 0 Å². The van der Waals surface area contributed by atoms with Gasteiger partial charge in [0.25, 0.3) is 0 Å². The van der Waals surface area contributed by atoms with Crippen LogP contribution in [0, 0.1) is 0 Å². The van der Waals surface area contributed by atoms with Crippen molar-refractivity contribution in [2.24, 2.45) is 0 Å². The van der Waals surface area contributed by atoms with E-state index in [1.807, 2.05) is 0 Å². The van der Waals surface area contributed by atoms with Crippen LogP contribution in [0.5, 0.6) is 0 Å². The number of carbonyl (C=O) groups excluding carboxylic acids is 2. The summed E-state index contributed by atoms with van der Waals surface area (Å²) in [5.74, 6) is -5.49. The summed E-state index contributed by atoms with van der Waals surface area (Å²) >= 11 is 0. The predicted octanol–water partition coefficient (Wildman–Crippen LogP) is 4.03. The highest BCUT2D eigenvalue weighted by molar-refractivity contribution is 5.85. The smallest absolute Gasteiger partial charge is 0.410 e. The lowest BCUT2D eigenvalue weighted by Crippen LogP contribution is -2.46. The lowest BCUT2D eigenvalue weighted by molar-refractivity contribution is -0.150. The van der Waals surface area contributed by atoms with Gasteiger partial charge in [0.05, 0.1) is 13.0 Å². The van der Waals surface area contributed by atoms with Crippen LogP contribution in [-0.4, -0.2) is 47.3 Å². The van der Waals surface area contributed by atoms with Gasteiger partial charge in [0.15, 0.2) is 5.78 Å². The molecule has 1 aliphatic carbocycles. The zero-order valence-corrected chi connectivity index (χ0v) is 13.6. The van der Waals surface area contributed by atoms with Crippen molar-refractivity contribution in [1.29, 1.82) is 0 Å². The van der Waals surface area contributed by atoms with E-state index in [2.05, 4.69) is 0 Å². The molecule has 0 unspecified atom stereocenters. The molecule has 0 spiro atoms. The molecule has 1 aliphatic rings. The topological polar surface area (TPSA) is 46.6 Å². The van der Waals surface area contributed by atoms with Crippen LogP contribution < -0.4 is 0 Å². The molecule has 8 heteroatoms. The minimum atomic E-state index is -4.38. The minimum absolute atomic E-state index is 0.283. The molecule has 23 heavy (non-hydrogen) atoms. The quantitative estimate of drug-likeness (QED) is 0.686. The van der Waals surface area contributed by atoms with E-state index in [1.54, 1.807) is 20.8 Å². The molecule has 1 amide bonds. The molecule has 0 N–H and O–H groups in total. The maximum absolute atomic E-state index is 13.0. The van der Waals surface area contributed by atoms with E-state index in [-0.39, 0.29) is 6.04 Å². The van der Waals surface area contributed by atoms with Gasteiger partial charge >= 0.3 is 18.4 Å². The molecule has 0 bridgehead atoms. The Bertz CT molecular complexity index is 429. The molecule has 134 valence electrons. The minimum Gasteiger partial charge on any atom is -0.444 e. The maximum atomic E-state index is 13.0. The highest BCUT2D eigenvalue weighted by Gasteiger charge is 2.43. The van der Waals surface area contributed by atoms with E-state index >= 15 is 0 Å². The van der Waals surface area contributed by atoms with Gasteiger partial charge in [0, 0.05) is 6.04 Å². The van der Waals surface area contributed by atoms with E-state index in [4.69, 9.17) is 4.74 Å². The summed E-state index contributed by atoms with van der Waals surface area (Å²) in [6, 6.07) is -0.283. The number of ether oxygens (including phenoxy) is 1. The van der Waals surface area contributed by atoms with Crippen molar-refractivity contribution < 1.29 is 31.9 Å². The molecule has 0 aliphatic heterocycles. The highest BCUT2D eigenvalue weighted by Crippen LogP contribution is 2.29. The van der Waals surface area contributed by atoms with Crippen LogP contribution >= 0.6 is 0 Å². The van der Waals surface area contributed by atoms with Crippen LogP contribution in [0.2, 0.25) is 0 Å². The van der Waals surface area contributed by atoms with Gasteiger partial charge in [-0.1, -0.05) is 12.8 Å². The Morgan fingerprint density at radius 1 is 1.17 bits per heavy atom. The number of Topliss-reactive ketones (excluding diaryl/α,β-unsaturated/α-hetero) is 1. The number of ketones is 1. The van der Waals surface area contributed by atoms with Crippen molar-refractivity contribution >= 4 is 11.9 Å². The summed E-state index contributed by atoms with van der Waals surface area (Å²) < 4.78 is 55.5. The second-order valence-corrected chi connectivity index (χ2v) is 6.82. The van der Waals surface area contributed by atoms with E-state index in [0.29, 0.717) is 12.8 Å². The van der Waals surface area contributed by atoms with Gasteiger partial charge in [0.1, 0.15) is 5.60 Å². The molecule has 0 aromatic heterocycles. The fourth-order valence-electron chi connectivity index (χ4n) is 2.47. The molecule has 1 rings (SSSR count). The first-order chi connectivity index (χ1) is 10.4.